The van der Waals surface area contributed by atoms with Crippen LogP contribution in [0.4, 0.5) is 0 Å². The molecule has 0 unspecified atom stereocenters. The summed E-state index contributed by atoms with van der Waals surface area (Å²) in [6, 6.07) is 2.27. The van der Waals surface area contributed by atoms with E-state index >= 15 is 0 Å². The van der Waals surface area contributed by atoms with Crippen molar-refractivity contribution in [3.8, 4) is 0 Å². The maximum atomic E-state index is 10.4. The Morgan fingerprint density at radius 2 is 0.706 bits per heavy atom. The van der Waals surface area contributed by atoms with Crippen LogP contribution in [-0.4, -0.2) is 212 Å². The van der Waals surface area contributed by atoms with Gasteiger partial charge in [0, 0.05) is 54.2 Å². The van der Waals surface area contributed by atoms with E-state index in [1.807, 2.05) is 14.4 Å². The predicted molar refractivity (Wildman–Crippen MR) is 263 cm³/mol. The molecule has 25 heteroatoms. The Labute approximate surface area is 410 Å². The first kappa shape index (κ1) is 70.5. The minimum atomic E-state index is -1.05. The summed E-state index contributed by atoms with van der Waals surface area (Å²) in [5.74, 6) is 0.828. The molecule has 396 valence electrons. The molecular weight excluding hydrogens is 919 g/mol. The van der Waals surface area contributed by atoms with Gasteiger partial charge in [0.05, 0.1) is 38.1 Å². The molecule has 0 amide bonds. The molecule has 0 bridgehead atoms. The number of methoxy groups -OCH3 is 1. The molecule has 68 heavy (non-hydrogen) atoms. The number of hydrogen-bond acceptors (Lipinski definition) is 20. The normalized spacial score (nSPS) is 25.2. The van der Waals surface area contributed by atoms with E-state index in [1.54, 1.807) is 27.6 Å². The second kappa shape index (κ2) is 40.8. The molecule has 9 atom stereocenters. The minimum Gasteiger partial charge on any atom is -0.437 e. The minimum absolute atomic E-state index is 0.0360. The van der Waals surface area contributed by atoms with Gasteiger partial charge in [-0.15, -0.1) is 0 Å². The molecule has 0 aromatic heterocycles. The summed E-state index contributed by atoms with van der Waals surface area (Å²) in [5.41, 5.74) is 0. The molecule has 0 spiro atoms. The van der Waals surface area contributed by atoms with Crippen LogP contribution in [0.15, 0.2) is 0 Å². The van der Waals surface area contributed by atoms with Crippen LogP contribution in [-0.2, 0) is 52.5 Å². The maximum Gasteiger partial charge on any atom is 0.376 e. The number of piperidine rings is 3. The van der Waals surface area contributed by atoms with Crippen LogP contribution in [0.3, 0.4) is 0 Å². The third-order valence-electron chi connectivity index (χ3n) is 12.2. The van der Waals surface area contributed by atoms with Crippen molar-refractivity contribution in [2.75, 3.05) is 93.0 Å². The summed E-state index contributed by atoms with van der Waals surface area (Å²) in [6.45, 7) is 33.4. The van der Waals surface area contributed by atoms with Crippen LogP contribution in [0.2, 0.25) is 71.8 Å². The highest BCUT2D eigenvalue weighted by molar-refractivity contribution is 6.76. The van der Waals surface area contributed by atoms with Crippen molar-refractivity contribution in [3.63, 3.8) is 0 Å². The lowest BCUT2D eigenvalue weighted by molar-refractivity contribution is -0.193. The lowest BCUT2D eigenvalue weighted by atomic mass is 9.76. The number of hydrogen-bond donors (Lipinski definition) is 6. The van der Waals surface area contributed by atoms with Gasteiger partial charge in [0.2, 0.25) is 0 Å². The van der Waals surface area contributed by atoms with Gasteiger partial charge in [-0.25, -0.2) is 0 Å². The fraction of sp³-hybridized carbons (Fsp3) is 0.930. The SMILES string of the molecule is CC[C@@H]1CN(B(C)O)C[C@H](COC)[C@@H]1O.CC[C@@H]1CN(B(C)O)C[C@H](COCOCC[Si](C)(C)C)[C@H]1O.CC[C@H]1CN(B(C)O)C[C@H](COCOCC[Si](C)(C)C)[C@H]1O.O=C=O.O=C=O.O=C=O. The summed E-state index contributed by atoms with van der Waals surface area (Å²) in [4.78, 5) is 54.8. The summed E-state index contributed by atoms with van der Waals surface area (Å²) in [6.07, 6.45) is 2.49. The highest BCUT2D eigenvalue weighted by Gasteiger charge is 2.39. The summed E-state index contributed by atoms with van der Waals surface area (Å²) < 4.78 is 27.4. The van der Waals surface area contributed by atoms with E-state index in [0.717, 1.165) is 64.2 Å². The largest absolute Gasteiger partial charge is 0.437 e. The van der Waals surface area contributed by atoms with Crippen molar-refractivity contribution >= 4 is 55.8 Å². The average molecular weight is 1010 g/mol. The molecule has 0 saturated carbocycles. The highest BCUT2D eigenvalue weighted by atomic mass is 28.3. The maximum absolute atomic E-state index is 10.4. The molecule has 0 aliphatic carbocycles. The number of nitrogens with zero attached hydrogens (tertiary/aromatic N) is 3. The molecule has 3 rings (SSSR count). The van der Waals surface area contributed by atoms with E-state index in [0.29, 0.717) is 53.0 Å². The fourth-order valence-corrected chi connectivity index (χ4v) is 9.43. The second-order valence-corrected chi connectivity index (χ2v) is 31.4. The Kier molecular flexibility index (Phi) is 42.2. The molecule has 0 radical (unpaired) electrons. The summed E-state index contributed by atoms with van der Waals surface area (Å²) >= 11 is 0. The van der Waals surface area contributed by atoms with Gasteiger partial charge in [-0.3, -0.25) is 0 Å². The Morgan fingerprint density at radius 3 is 0.912 bits per heavy atom. The molecular formula is C43H90B3N3O17Si2. The number of carbonyl (C=O) groups excluding carboxylic acids is 6. The number of rotatable bonds is 22. The van der Waals surface area contributed by atoms with Crippen molar-refractivity contribution < 1.29 is 82.8 Å². The molecule has 3 aliphatic heterocycles. The zero-order valence-electron chi connectivity index (χ0n) is 43.7. The molecule has 3 aliphatic rings. The first-order valence-corrected chi connectivity index (χ1v) is 31.3. The van der Waals surface area contributed by atoms with Gasteiger partial charge in [0.25, 0.3) is 0 Å². The zero-order chi connectivity index (χ0) is 53.0. The Hall–Kier alpha value is -1.79. The van der Waals surface area contributed by atoms with Crippen LogP contribution in [0, 0.1) is 35.5 Å². The summed E-state index contributed by atoms with van der Waals surface area (Å²) in [7, 11) is -1.84. The zero-order valence-corrected chi connectivity index (χ0v) is 45.7. The van der Waals surface area contributed by atoms with E-state index < -0.39 is 37.3 Å². The number of aliphatic hydroxyl groups is 3. The van der Waals surface area contributed by atoms with Crippen molar-refractivity contribution in [1.82, 2.24) is 14.4 Å². The smallest absolute Gasteiger partial charge is 0.376 e. The third kappa shape index (κ3) is 33.7. The van der Waals surface area contributed by atoms with Gasteiger partial charge >= 0.3 is 39.6 Å². The topological polar surface area (TPSA) is 280 Å². The molecule has 3 heterocycles. The van der Waals surface area contributed by atoms with Gasteiger partial charge in [0.15, 0.2) is 0 Å². The first-order chi connectivity index (χ1) is 31.8. The van der Waals surface area contributed by atoms with Crippen molar-refractivity contribution in [3.05, 3.63) is 0 Å². The highest BCUT2D eigenvalue weighted by Crippen LogP contribution is 2.28. The second-order valence-electron chi connectivity index (χ2n) is 20.1. The lowest BCUT2D eigenvalue weighted by Crippen LogP contribution is -2.54. The number of aliphatic hydroxyl groups excluding tert-OH is 3. The lowest BCUT2D eigenvalue weighted by Gasteiger charge is -2.41. The van der Waals surface area contributed by atoms with Crippen LogP contribution >= 0.6 is 0 Å². The van der Waals surface area contributed by atoms with Crippen LogP contribution in [0.25, 0.3) is 0 Å². The fourth-order valence-electron chi connectivity index (χ4n) is 7.92. The van der Waals surface area contributed by atoms with Crippen molar-refractivity contribution in [1.29, 1.82) is 0 Å². The third-order valence-corrected chi connectivity index (χ3v) is 15.6. The molecule has 3 fully saturated rings. The van der Waals surface area contributed by atoms with E-state index in [9.17, 15) is 30.4 Å². The van der Waals surface area contributed by atoms with E-state index in [1.165, 1.54) is 0 Å². The quantitative estimate of drug-likeness (QED) is 0.0512. The number of ether oxygens (including phenoxy) is 5. The Balaban J connectivity index is -0.000000866. The standard InChI is InChI=1S/2C15H34BNO4Si.C10H22BNO3.3CO2/c2*1-6-13-9-17(16(2)19)10-14(15(13)18)11-21-12-20-7-8-22(3,4)5;1-4-8-5-12(11(2)14)6-9(7-15-3)10(8)13;3*2-1-3/h2*13-15,18-19H,6-12H2,1-5H3;8-10,13-14H,4-7H2,1-3H3;;;/t13-,14+,15-;13-,14-,15+;8-,9-,10-;;;/m011.../s1. The monoisotopic (exact) mass is 1010 g/mol. The van der Waals surface area contributed by atoms with Gasteiger partial charge in [-0.2, -0.15) is 28.8 Å². The van der Waals surface area contributed by atoms with E-state index in [2.05, 4.69) is 60.1 Å². The van der Waals surface area contributed by atoms with Gasteiger partial charge in [-0.1, -0.05) is 60.1 Å². The van der Waals surface area contributed by atoms with Gasteiger partial charge in [-0.05, 0) is 109 Å². The predicted octanol–water partition coefficient (Wildman–Crippen LogP) is 1.80. The molecule has 0 aromatic carbocycles. The molecule has 0 aromatic rings. The van der Waals surface area contributed by atoms with Crippen LogP contribution in [0.1, 0.15) is 40.0 Å². The Bertz CT molecular complexity index is 1250. The van der Waals surface area contributed by atoms with Crippen molar-refractivity contribution in [2.45, 2.75) is 130 Å². The van der Waals surface area contributed by atoms with Crippen LogP contribution < -0.4 is 0 Å². The van der Waals surface area contributed by atoms with E-state index in [4.69, 9.17) is 52.5 Å². The van der Waals surface area contributed by atoms with E-state index in [-0.39, 0.29) is 72.3 Å². The van der Waals surface area contributed by atoms with Gasteiger partial charge < -0.3 is 68.5 Å². The molecule has 3 saturated heterocycles. The molecule has 20 nitrogen and oxygen atoms in total. The summed E-state index contributed by atoms with van der Waals surface area (Å²) in [5, 5.41) is 60.1. The first-order valence-electron chi connectivity index (χ1n) is 23.9. The Morgan fingerprint density at radius 1 is 0.471 bits per heavy atom. The van der Waals surface area contributed by atoms with Gasteiger partial charge in [0.1, 0.15) is 13.6 Å². The van der Waals surface area contributed by atoms with Crippen LogP contribution in [0.5, 0.6) is 0 Å². The van der Waals surface area contributed by atoms with Crippen molar-refractivity contribution in [2.24, 2.45) is 35.5 Å². The molecule has 6 N–H and O–H groups in total. The average Bonchev–Trinajstić information content (AvgIpc) is 3.25.